The molecule has 4 heterocycles. The van der Waals surface area contributed by atoms with Gasteiger partial charge in [-0.15, -0.1) is 11.3 Å². The molecule has 2 aromatic heterocycles. The van der Waals surface area contributed by atoms with E-state index in [4.69, 9.17) is 4.98 Å². The fraction of sp³-hybridized carbons (Fsp3) is 0.708. The zero-order valence-corrected chi connectivity index (χ0v) is 19.8. The number of piperidine rings is 2. The molecule has 0 spiro atoms. The molecule has 7 heteroatoms. The second-order valence-electron chi connectivity index (χ2n) is 9.82. The van der Waals surface area contributed by atoms with Crippen molar-refractivity contribution in [2.75, 3.05) is 26.2 Å². The van der Waals surface area contributed by atoms with Crippen LogP contribution in [0.4, 0.5) is 0 Å². The van der Waals surface area contributed by atoms with Crippen LogP contribution in [0.2, 0.25) is 0 Å². The summed E-state index contributed by atoms with van der Waals surface area (Å²) in [6.07, 6.45) is 7.59. The van der Waals surface area contributed by atoms with Crippen LogP contribution in [0.5, 0.6) is 0 Å². The zero-order chi connectivity index (χ0) is 21.7. The van der Waals surface area contributed by atoms with E-state index in [2.05, 4.69) is 23.6 Å². The number of carbonyl (C=O) groups excluding carboxylic acids is 1. The van der Waals surface area contributed by atoms with Gasteiger partial charge >= 0.3 is 0 Å². The number of likely N-dealkylation sites (tertiary alicyclic amines) is 2. The summed E-state index contributed by atoms with van der Waals surface area (Å²) in [6, 6.07) is 0.563. The first-order chi connectivity index (χ1) is 14.9. The third kappa shape index (κ3) is 3.95. The highest BCUT2D eigenvalue weighted by Gasteiger charge is 2.34. The van der Waals surface area contributed by atoms with Gasteiger partial charge < -0.3 is 4.90 Å². The predicted octanol–water partition coefficient (Wildman–Crippen LogP) is 3.99. The van der Waals surface area contributed by atoms with Gasteiger partial charge in [0.05, 0.1) is 11.9 Å². The molecule has 2 aromatic rings. The fourth-order valence-electron chi connectivity index (χ4n) is 5.39. The molecule has 1 atom stereocenters. The van der Waals surface area contributed by atoms with E-state index >= 15 is 0 Å². The van der Waals surface area contributed by atoms with Crippen molar-refractivity contribution in [3.05, 3.63) is 26.6 Å². The number of hydrogen-bond acceptors (Lipinski definition) is 5. The SMILES string of the molecule is Cc1sc2nc(C3CC3)n(C3CCN(CC(=O)N4CCCC[C@@H]4C)CC3)c(=O)c2c1C. The molecule has 0 radical (unpaired) electrons. The van der Waals surface area contributed by atoms with Gasteiger partial charge in [-0.3, -0.25) is 19.1 Å². The molecule has 1 saturated carbocycles. The minimum atomic E-state index is 0.158. The number of aryl methyl sites for hydroxylation is 2. The normalized spacial score (nSPS) is 23.6. The Morgan fingerprint density at radius 3 is 2.48 bits per heavy atom. The van der Waals surface area contributed by atoms with Gasteiger partial charge in [0.1, 0.15) is 10.7 Å². The third-order valence-electron chi connectivity index (χ3n) is 7.61. The summed E-state index contributed by atoms with van der Waals surface area (Å²) in [7, 11) is 0. The van der Waals surface area contributed by atoms with E-state index in [1.807, 2.05) is 11.5 Å². The standard InChI is InChI=1S/C24H34N4O2S/c1-15-6-4-5-11-27(15)20(29)14-26-12-9-19(10-13-26)28-22(18-7-8-18)25-23-21(24(28)30)16(2)17(3)31-23/h15,18-19H,4-14H2,1-3H3/t15-/m0/s1. The Kier molecular flexibility index (Phi) is 5.67. The van der Waals surface area contributed by atoms with Crippen LogP contribution in [0.15, 0.2) is 4.79 Å². The Morgan fingerprint density at radius 1 is 1.06 bits per heavy atom. The van der Waals surface area contributed by atoms with Gasteiger partial charge in [0, 0.05) is 42.5 Å². The van der Waals surface area contributed by atoms with Gasteiger partial charge in [0.15, 0.2) is 0 Å². The lowest BCUT2D eigenvalue weighted by Crippen LogP contribution is -2.48. The molecule has 0 aromatic carbocycles. The number of amides is 1. The smallest absolute Gasteiger partial charge is 0.262 e. The molecule has 5 rings (SSSR count). The molecule has 1 aliphatic carbocycles. The summed E-state index contributed by atoms with van der Waals surface area (Å²) < 4.78 is 2.05. The number of hydrogen-bond donors (Lipinski definition) is 0. The summed E-state index contributed by atoms with van der Waals surface area (Å²) in [5.41, 5.74) is 1.25. The minimum absolute atomic E-state index is 0.158. The second kappa shape index (κ2) is 8.32. The largest absolute Gasteiger partial charge is 0.339 e. The molecule has 6 nitrogen and oxygen atoms in total. The van der Waals surface area contributed by atoms with Crippen LogP contribution in [-0.2, 0) is 4.79 Å². The predicted molar refractivity (Wildman–Crippen MR) is 125 cm³/mol. The maximum Gasteiger partial charge on any atom is 0.262 e. The van der Waals surface area contributed by atoms with Crippen molar-refractivity contribution in [1.29, 1.82) is 0 Å². The molecule has 168 valence electrons. The highest BCUT2D eigenvalue weighted by Crippen LogP contribution is 2.41. The average molecular weight is 443 g/mol. The van der Waals surface area contributed by atoms with E-state index in [1.54, 1.807) is 11.3 Å². The van der Waals surface area contributed by atoms with Crippen molar-refractivity contribution in [3.8, 4) is 0 Å². The summed E-state index contributed by atoms with van der Waals surface area (Å²) in [5.74, 6) is 1.73. The van der Waals surface area contributed by atoms with Crippen LogP contribution in [-0.4, -0.2) is 57.5 Å². The second-order valence-corrected chi connectivity index (χ2v) is 11.0. The topological polar surface area (TPSA) is 58.4 Å². The van der Waals surface area contributed by atoms with Gasteiger partial charge in [0.25, 0.3) is 5.56 Å². The number of carbonyl (C=O) groups is 1. The Balaban J connectivity index is 1.33. The number of aromatic nitrogens is 2. The molecule has 2 saturated heterocycles. The minimum Gasteiger partial charge on any atom is -0.339 e. The monoisotopic (exact) mass is 442 g/mol. The van der Waals surface area contributed by atoms with Gasteiger partial charge in [-0.25, -0.2) is 4.98 Å². The van der Waals surface area contributed by atoms with E-state index in [0.29, 0.717) is 18.5 Å². The van der Waals surface area contributed by atoms with Gasteiger partial charge in [-0.2, -0.15) is 0 Å². The highest BCUT2D eigenvalue weighted by atomic mass is 32.1. The van der Waals surface area contributed by atoms with Crippen LogP contribution in [0.3, 0.4) is 0 Å². The lowest BCUT2D eigenvalue weighted by Gasteiger charge is -2.37. The summed E-state index contributed by atoms with van der Waals surface area (Å²) >= 11 is 1.65. The van der Waals surface area contributed by atoms with Crippen LogP contribution >= 0.6 is 11.3 Å². The molecule has 0 unspecified atom stereocenters. The number of rotatable bonds is 4. The van der Waals surface area contributed by atoms with Crippen LogP contribution in [0, 0.1) is 13.8 Å². The van der Waals surface area contributed by atoms with E-state index < -0.39 is 0 Å². The van der Waals surface area contributed by atoms with Gasteiger partial charge in [-0.05, 0) is 71.3 Å². The summed E-state index contributed by atoms with van der Waals surface area (Å²) in [5, 5.41) is 0.823. The fourth-order valence-corrected chi connectivity index (χ4v) is 6.42. The zero-order valence-electron chi connectivity index (χ0n) is 19.0. The average Bonchev–Trinajstić information content (AvgIpc) is 3.55. The Hall–Kier alpha value is -1.73. The van der Waals surface area contributed by atoms with Crippen molar-refractivity contribution < 1.29 is 4.79 Å². The van der Waals surface area contributed by atoms with Crippen LogP contribution in [0.25, 0.3) is 10.2 Å². The van der Waals surface area contributed by atoms with E-state index in [9.17, 15) is 9.59 Å². The number of thiophene rings is 1. The van der Waals surface area contributed by atoms with Crippen molar-refractivity contribution >= 4 is 27.5 Å². The van der Waals surface area contributed by atoms with E-state index in [0.717, 1.165) is 79.8 Å². The molecule has 2 aliphatic heterocycles. The summed E-state index contributed by atoms with van der Waals surface area (Å²) in [6.45, 7) is 9.47. The quantitative estimate of drug-likeness (QED) is 0.718. The maximum absolute atomic E-state index is 13.6. The number of fused-ring (bicyclic) bond motifs is 1. The first-order valence-electron chi connectivity index (χ1n) is 12.0. The maximum atomic E-state index is 13.6. The molecule has 1 amide bonds. The molecule has 31 heavy (non-hydrogen) atoms. The molecular formula is C24H34N4O2S. The molecule has 3 fully saturated rings. The molecule has 3 aliphatic rings. The Bertz CT molecular complexity index is 1050. The third-order valence-corrected chi connectivity index (χ3v) is 8.71. The van der Waals surface area contributed by atoms with Gasteiger partial charge in [-0.1, -0.05) is 0 Å². The highest BCUT2D eigenvalue weighted by molar-refractivity contribution is 7.18. The molecular weight excluding hydrogens is 408 g/mol. The molecule has 0 N–H and O–H groups in total. The van der Waals surface area contributed by atoms with E-state index in [1.165, 1.54) is 11.3 Å². The van der Waals surface area contributed by atoms with Crippen molar-refractivity contribution in [1.82, 2.24) is 19.4 Å². The van der Waals surface area contributed by atoms with Crippen LogP contribution < -0.4 is 5.56 Å². The number of nitrogens with zero attached hydrogens (tertiary/aromatic N) is 4. The first kappa shape index (κ1) is 21.1. The summed E-state index contributed by atoms with van der Waals surface area (Å²) in [4.78, 5) is 37.9. The van der Waals surface area contributed by atoms with Crippen LogP contribution in [0.1, 0.15) is 80.1 Å². The van der Waals surface area contributed by atoms with E-state index in [-0.39, 0.29) is 17.5 Å². The lowest BCUT2D eigenvalue weighted by molar-refractivity contribution is -0.136. The van der Waals surface area contributed by atoms with Crippen molar-refractivity contribution in [2.45, 2.75) is 83.7 Å². The Morgan fingerprint density at radius 2 is 1.81 bits per heavy atom. The van der Waals surface area contributed by atoms with Crippen molar-refractivity contribution in [2.24, 2.45) is 0 Å². The lowest BCUT2D eigenvalue weighted by atomic mass is 10.0. The van der Waals surface area contributed by atoms with Gasteiger partial charge in [0.2, 0.25) is 5.91 Å². The first-order valence-corrected chi connectivity index (χ1v) is 12.8. The molecule has 0 bridgehead atoms. The van der Waals surface area contributed by atoms with Crippen molar-refractivity contribution in [3.63, 3.8) is 0 Å². The Labute approximate surface area is 188 Å².